The van der Waals surface area contributed by atoms with Gasteiger partial charge in [-0.25, -0.2) is 0 Å². The molecule has 0 aromatic heterocycles. The van der Waals surface area contributed by atoms with Gasteiger partial charge in [-0.2, -0.15) is 0 Å². The van der Waals surface area contributed by atoms with Crippen molar-refractivity contribution in [3.63, 3.8) is 0 Å². The van der Waals surface area contributed by atoms with Gasteiger partial charge in [0.05, 0.1) is 23.3 Å². The molecule has 0 radical (unpaired) electrons. The van der Waals surface area contributed by atoms with E-state index in [0.29, 0.717) is 51.4 Å². The van der Waals surface area contributed by atoms with E-state index in [9.17, 15) is 24.6 Å². The summed E-state index contributed by atoms with van der Waals surface area (Å²) < 4.78 is 12.3. The molecule has 0 saturated heterocycles. The van der Waals surface area contributed by atoms with Crippen LogP contribution in [-0.4, -0.2) is 78.3 Å². The number of aldehydes is 1. The molecule has 2 aliphatic rings. The number of methoxy groups -OCH3 is 1. The van der Waals surface area contributed by atoms with Crippen molar-refractivity contribution in [2.24, 2.45) is 5.92 Å². The molecule has 1 fully saturated rings. The minimum Gasteiger partial charge on any atom is -0.493 e. The largest absolute Gasteiger partial charge is 0.493 e. The lowest BCUT2D eigenvalue weighted by Gasteiger charge is -2.42. The van der Waals surface area contributed by atoms with Gasteiger partial charge < -0.3 is 29.9 Å². The van der Waals surface area contributed by atoms with Gasteiger partial charge in [-0.3, -0.25) is 14.4 Å². The lowest BCUT2D eigenvalue weighted by Crippen LogP contribution is -2.56. The molecule has 3 N–H and O–H groups in total. The fraction of sp³-hybridized carbons (Fsp3) is 0.552. The second-order valence-corrected chi connectivity index (χ2v) is 11.1. The van der Waals surface area contributed by atoms with Crippen LogP contribution in [0.3, 0.4) is 0 Å². The van der Waals surface area contributed by atoms with Crippen LogP contribution in [0.5, 0.6) is 11.5 Å². The number of carbonyl (C=O) groups excluding carboxylic acids is 3. The number of hydrogen-bond donors (Lipinski definition) is 3. The molecule has 3 rings (SSSR count). The summed E-state index contributed by atoms with van der Waals surface area (Å²) in [5.74, 6) is 0.375. The van der Waals surface area contributed by atoms with Crippen LogP contribution in [0.15, 0.2) is 35.9 Å². The Bertz CT molecular complexity index is 1070. The van der Waals surface area contributed by atoms with E-state index in [0.717, 1.165) is 25.7 Å². The number of amides is 2. The van der Waals surface area contributed by atoms with Crippen LogP contribution in [0.4, 0.5) is 0 Å². The number of allylic oxidation sites excluding steroid dienone is 1. The van der Waals surface area contributed by atoms with Gasteiger partial charge in [0.2, 0.25) is 11.8 Å². The molecule has 9 nitrogen and oxygen atoms in total. The van der Waals surface area contributed by atoms with Gasteiger partial charge in [0.15, 0.2) is 11.5 Å². The first-order chi connectivity index (χ1) is 18.8. The molecule has 1 aromatic rings. The zero-order valence-corrected chi connectivity index (χ0v) is 24.8. The minimum atomic E-state index is -1.13. The molecule has 0 bridgehead atoms. The lowest BCUT2D eigenvalue weighted by molar-refractivity contribution is -0.134. The molecule has 3 atom stereocenters. The first-order valence-corrected chi connectivity index (χ1v) is 14.6. The molecule has 0 spiro atoms. The molecule has 0 heterocycles. The standard InChI is InChI=1S/C29H39IN2O7/c1-3-4-10-26(35)32(17-19-8-6-5-7-9-19)23-15-21(29(37)31-11-12-33)16-24(27(23)36)39-28-22(30)13-20(18-34)14-25(28)38-2/h4,10,13-14,16,18-19,23-24,27,33,36H,3,5-9,11-12,15,17H2,1-2H3,(H,31,37). The summed E-state index contributed by atoms with van der Waals surface area (Å²) in [5.41, 5.74) is 0.778. The molecule has 39 heavy (non-hydrogen) atoms. The maximum atomic E-state index is 13.4. The van der Waals surface area contributed by atoms with Crippen molar-refractivity contribution in [3.05, 3.63) is 45.1 Å². The molecule has 3 unspecified atom stereocenters. The van der Waals surface area contributed by atoms with Crippen molar-refractivity contribution in [1.82, 2.24) is 10.2 Å². The number of hydrogen-bond acceptors (Lipinski definition) is 7. The summed E-state index contributed by atoms with van der Waals surface area (Å²) in [6.45, 7) is 2.31. The fourth-order valence-corrected chi connectivity index (χ4v) is 5.94. The highest BCUT2D eigenvalue weighted by Gasteiger charge is 2.41. The van der Waals surface area contributed by atoms with Gasteiger partial charge in [-0.05, 0) is 72.1 Å². The molecule has 2 amide bonds. The first kappa shape index (κ1) is 31.1. The Hall–Kier alpha value is -2.44. The predicted octanol–water partition coefficient (Wildman–Crippen LogP) is 3.40. The van der Waals surface area contributed by atoms with Crippen LogP contribution >= 0.6 is 22.6 Å². The van der Waals surface area contributed by atoms with Crippen molar-refractivity contribution in [2.45, 2.75) is 70.1 Å². The molecule has 214 valence electrons. The van der Waals surface area contributed by atoms with E-state index in [4.69, 9.17) is 9.47 Å². The highest BCUT2D eigenvalue weighted by atomic mass is 127. The summed E-state index contributed by atoms with van der Waals surface area (Å²) in [4.78, 5) is 39.5. The maximum absolute atomic E-state index is 13.4. The van der Waals surface area contributed by atoms with Gasteiger partial charge in [0, 0.05) is 30.6 Å². The van der Waals surface area contributed by atoms with Crippen molar-refractivity contribution in [2.75, 3.05) is 26.8 Å². The van der Waals surface area contributed by atoms with Crippen LogP contribution < -0.4 is 14.8 Å². The normalized spacial score (nSPS) is 21.8. The Morgan fingerprint density at radius 3 is 2.62 bits per heavy atom. The van der Waals surface area contributed by atoms with E-state index >= 15 is 0 Å². The maximum Gasteiger partial charge on any atom is 0.247 e. The van der Waals surface area contributed by atoms with Crippen molar-refractivity contribution in [1.29, 1.82) is 0 Å². The van der Waals surface area contributed by atoms with E-state index < -0.39 is 18.2 Å². The number of aliphatic hydroxyl groups is 2. The van der Waals surface area contributed by atoms with E-state index in [1.807, 2.05) is 29.5 Å². The Morgan fingerprint density at radius 2 is 1.97 bits per heavy atom. The third-order valence-electron chi connectivity index (χ3n) is 7.22. The van der Waals surface area contributed by atoms with Gasteiger partial charge in [-0.15, -0.1) is 0 Å². The number of rotatable bonds is 12. The first-order valence-electron chi connectivity index (χ1n) is 13.6. The highest BCUT2D eigenvalue weighted by molar-refractivity contribution is 14.1. The number of halogens is 1. The average Bonchev–Trinajstić information content (AvgIpc) is 2.95. The highest BCUT2D eigenvalue weighted by Crippen LogP contribution is 2.37. The SMILES string of the molecule is CCC=CC(=O)N(CC1CCCCC1)C1CC(C(=O)NCCO)=CC(Oc2c(I)cc(C=O)cc2OC)C1O. The number of ether oxygens (including phenoxy) is 2. The molecular weight excluding hydrogens is 615 g/mol. The third kappa shape index (κ3) is 8.28. The number of carbonyl (C=O) groups is 3. The van der Waals surface area contributed by atoms with Crippen LogP contribution in [-0.2, 0) is 9.59 Å². The smallest absolute Gasteiger partial charge is 0.247 e. The molecule has 2 aliphatic carbocycles. The van der Waals surface area contributed by atoms with Crippen LogP contribution in [0, 0.1) is 9.49 Å². The predicted molar refractivity (Wildman–Crippen MR) is 156 cm³/mol. The van der Waals surface area contributed by atoms with Crippen LogP contribution in [0.1, 0.15) is 62.2 Å². The quantitative estimate of drug-likeness (QED) is 0.179. The molecule has 10 heteroatoms. The Balaban J connectivity index is 2.00. The van der Waals surface area contributed by atoms with Crippen molar-refractivity contribution >= 4 is 40.7 Å². The summed E-state index contributed by atoms with van der Waals surface area (Å²) in [6, 6.07) is 2.48. The minimum absolute atomic E-state index is 0.0811. The monoisotopic (exact) mass is 654 g/mol. The zero-order valence-electron chi connectivity index (χ0n) is 22.6. The third-order valence-corrected chi connectivity index (χ3v) is 8.02. The summed E-state index contributed by atoms with van der Waals surface area (Å²) in [5, 5.41) is 23.5. The molecule has 1 saturated carbocycles. The fourth-order valence-electron chi connectivity index (χ4n) is 5.19. The molecule has 0 aliphatic heterocycles. The second-order valence-electron chi connectivity index (χ2n) is 9.97. The van der Waals surface area contributed by atoms with Gasteiger partial charge in [0.25, 0.3) is 0 Å². The van der Waals surface area contributed by atoms with Gasteiger partial charge in [0.1, 0.15) is 18.5 Å². The van der Waals surface area contributed by atoms with E-state index in [1.165, 1.54) is 13.5 Å². The van der Waals surface area contributed by atoms with Crippen LogP contribution in [0.2, 0.25) is 0 Å². The summed E-state index contributed by atoms with van der Waals surface area (Å²) in [6.07, 6.45) is 9.80. The number of benzene rings is 1. The Labute approximate surface area is 243 Å². The second kappa shape index (κ2) is 15.4. The van der Waals surface area contributed by atoms with Crippen molar-refractivity contribution in [3.8, 4) is 11.5 Å². The van der Waals surface area contributed by atoms with Crippen molar-refractivity contribution < 1.29 is 34.1 Å². The number of nitrogens with zero attached hydrogens (tertiary/aromatic N) is 1. The Morgan fingerprint density at radius 1 is 1.23 bits per heavy atom. The van der Waals surface area contributed by atoms with E-state index in [1.54, 1.807) is 35.3 Å². The lowest BCUT2D eigenvalue weighted by atomic mass is 9.85. The van der Waals surface area contributed by atoms with Gasteiger partial charge >= 0.3 is 0 Å². The average molecular weight is 655 g/mol. The molecular formula is C29H39IN2O7. The van der Waals surface area contributed by atoms with Crippen LogP contribution in [0.25, 0.3) is 0 Å². The summed E-state index contributed by atoms with van der Waals surface area (Å²) in [7, 11) is 1.46. The zero-order chi connectivity index (χ0) is 28.4. The Kier molecular flexibility index (Phi) is 12.3. The van der Waals surface area contributed by atoms with Gasteiger partial charge in [-0.1, -0.05) is 32.3 Å². The summed E-state index contributed by atoms with van der Waals surface area (Å²) >= 11 is 2.03. The topological polar surface area (TPSA) is 125 Å². The number of aliphatic hydroxyl groups excluding tert-OH is 2. The molecule has 1 aromatic carbocycles. The van der Waals surface area contributed by atoms with E-state index in [2.05, 4.69) is 5.32 Å². The van der Waals surface area contributed by atoms with E-state index in [-0.39, 0.29) is 31.4 Å². The number of nitrogens with one attached hydrogen (secondary N) is 1.